The maximum atomic E-state index is 13.7. The summed E-state index contributed by atoms with van der Waals surface area (Å²) in [6.07, 6.45) is 5.94. The SMILES string of the molecule is COc1cc2c(cc1OCCCCCOc1cc3c(cc1OC)C(=O)N1c4ccccc4C[C@H]1CN3)N=C[C@@H]1Cc3ccccc3CN1C2=O. The highest BCUT2D eigenvalue weighted by Gasteiger charge is 2.38. The van der Waals surface area contributed by atoms with Crippen molar-refractivity contribution in [1.82, 2.24) is 4.90 Å². The normalized spacial score (nSPS) is 18.4. The van der Waals surface area contributed by atoms with Gasteiger partial charge in [-0.1, -0.05) is 42.5 Å². The van der Waals surface area contributed by atoms with Gasteiger partial charge in [-0.3, -0.25) is 14.6 Å². The summed E-state index contributed by atoms with van der Waals surface area (Å²) in [4.78, 5) is 35.9. The van der Waals surface area contributed by atoms with Crippen molar-refractivity contribution in [2.75, 3.05) is 44.2 Å². The Balaban J connectivity index is 0.863. The number of ether oxygens (including phenoxy) is 4. The number of carbonyl (C=O) groups excluding carboxylic acids is 2. The van der Waals surface area contributed by atoms with E-state index in [4.69, 9.17) is 23.9 Å². The highest BCUT2D eigenvalue weighted by molar-refractivity contribution is 6.12. The number of hydrogen-bond donors (Lipinski definition) is 1. The number of nitrogens with one attached hydrogen (secondary N) is 1. The molecule has 0 aromatic heterocycles. The summed E-state index contributed by atoms with van der Waals surface area (Å²) in [5.74, 6) is 2.13. The van der Waals surface area contributed by atoms with Gasteiger partial charge in [0.25, 0.3) is 11.8 Å². The first-order valence-electron chi connectivity index (χ1n) is 17.3. The molecule has 0 saturated heterocycles. The third-order valence-electron chi connectivity index (χ3n) is 10.1. The maximum absolute atomic E-state index is 13.7. The molecule has 0 fully saturated rings. The van der Waals surface area contributed by atoms with E-state index in [0.717, 1.165) is 43.5 Å². The van der Waals surface area contributed by atoms with Crippen molar-refractivity contribution < 1.29 is 28.5 Å². The van der Waals surface area contributed by atoms with Gasteiger partial charge in [0.2, 0.25) is 0 Å². The molecule has 50 heavy (non-hydrogen) atoms. The fourth-order valence-electron chi connectivity index (χ4n) is 7.48. The lowest BCUT2D eigenvalue weighted by Crippen LogP contribution is -2.44. The molecule has 4 aromatic carbocycles. The van der Waals surface area contributed by atoms with Crippen molar-refractivity contribution in [1.29, 1.82) is 0 Å². The third-order valence-corrected chi connectivity index (χ3v) is 10.1. The van der Waals surface area contributed by atoms with Crippen molar-refractivity contribution in [3.05, 3.63) is 101 Å². The average Bonchev–Trinajstić information content (AvgIpc) is 3.40. The molecule has 4 aromatic rings. The van der Waals surface area contributed by atoms with E-state index >= 15 is 0 Å². The Morgan fingerprint density at radius 1 is 0.740 bits per heavy atom. The number of methoxy groups -OCH3 is 2. The second-order valence-electron chi connectivity index (χ2n) is 13.1. The Hall–Kier alpha value is -5.51. The maximum Gasteiger partial charge on any atom is 0.260 e. The molecule has 0 aliphatic carbocycles. The lowest BCUT2D eigenvalue weighted by molar-refractivity contribution is 0.0703. The predicted molar refractivity (Wildman–Crippen MR) is 192 cm³/mol. The predicted octanol–water partition coefficient (Wildman–Crippen LogP) is 6.61. The van der Waals surface area contributed by atoms with Crippen molar-refractivity contribution >= 4 is 35.1 Å². The van der Waals surface area contributed by atoms with Gasteiger partial charge in [0, 0.05) is 37.1 Å². The number of benzene rings is 4. The number of rotatable bonds is 10. The molecule has 10 heteroatoms. The largest absolute Gasteiger partial charge is 0.493 e. The van der Waals surface area contributed by atoms with E-state index in [9.17, 15) is 9.59 Å². The van der Waals surface area contributed by atoms with Gasteiger partial charge in [-0.05, 0) is 67.0 Å². The summed E-state index contributed by atoms with van der Waals surface area (Å²) in [5.41, 5.74) is 7.04. The summed E-state index contributed by atoms with van der Waals surface area (Å²) in [5, 5.41) is 3.48. The van der Waals surface area contributed by atoms with Crippen molar-refractivity contribution in [3.8, 4) is 23.0 Å². The van der Waals surface area contributed by atoms with Crippen LogP contribution in [0.25, 0.3) is 0 Å². The number of amides is 2. The Morgan fingerprint density at radius 3 is 2.18 bits per heavy atom. The molecule has 1 N–H and O–H groups in total. The van der Waals surface area contributed by atoms with Gasteiger partial charge in [-0.2, -0.15) is 0 Å². The van der Waals surface area contributed by atoms with Gasteiger partial charge in [-0.15, -0.1) is 0 Å². The summed E-state index contributed by atoms with van der Waals surface area (Å²) in [6, 6.07) is 23.6. The number of aliphatic imine (C=N–C) groups is 1. The van der Waals surface area contributed by atoms with Crippen molar-refractivity contribution in [2.45, 2.75) is 50.7 Å². The molecular weight excluding hydrogens is 632 g/mol. The van der Waals surface area contributed by atoms with E-state index in [2.05, 4.69) is 23.5 Å². The van der Waals surface area contributed by atoms with Crippen LogP contribution in [0.2, 0.25) is 0 Å². The lowest BCUT2D eigenvalue weighted by atomic mass is 9.94. The number of hydrogen-bond acceptors (Lipinski definition) is 8. The molecule has 4 aliphatic heterocycles. The molecule has 4 heterocycles. The van der Waals surface area contributed by atoms with Crippen LogP contribution in [-0.4, -0.2) is 69.0 Å². The van der Waals surface area contributed by atoms with Crippen LogP contribution in [0.15, 0.2) is 77.8 Å². The van der Waals surface area contributed by atoms with Crippen LogP contribution in [0, 0.1) is 0 Å². The van der Waals surface area contributed by atoms with Gasteiger partial charge in [0.05, 0.1) is 62.0 Å². The molecule has 2 atom stereocenters. The first-order valence-corrected chi connectivity index (χ1v) is 17.3. The number of unbranched alkanes of at least 4 members (excludes halogenated alkanes) is 2. The fraction of sp³-hybridized carbons (Fsp3) is 0.325. The zero-order chi connectivity index (χ0) is 34.2. The number of carbonyl (C=O) groups is 2. The highest BCUT2D eigenvalue weighted by atomic mass is 16.5. The van der Waals surface area contributed by atoms with Gasteiger partial charge in [-0.25, -0.2) is 0 Å². The first-order chi connectivity index (χ1) is 24.5. The summed E-state index contributed by atoms with van der Waals surface area (Å²) < 4.78 is 23.6. The summed E-state index contributed by atoms with van der Waals surface area (Å²) >= 11 is 0. The Labute approximate surface area is 291 Å². The minimum atomic E-state index is -0.0946. The van der Waals surface area contributed by atoms with Crippen LogP contribution in [0.5, 0.6) is 23.0 Å². The van der Waals surface area contributed by atoms with Crippen LogP contribution in [-0.2, 0) is 19.4 Å². The van der Waals surface area contributed by atoms with Crippen molar-refractivity contribution in [3.63, 3.8) is 0 Å². The second-order valence-corrected chi connectivity index (χ2v) is 13.1. The molecule has 0 radical (unpaired) electrons. The van der Waals surface area contributed by atoms with E-state index in [1.807, 2.05) is 58.5 Å². The van der Waals surface area contributed by atoms with Crippen molar-refractivity contribution in [2.24, 2.45) is 4.99 Å². The Kier molecular flexibility index (Phi) is 8.52. The molecule has 4 aliphatic rings. The van der Waals surface area contributed by atoms with E-state index in [1.165, 1.54) is 16.7 Å². The van der Waals surface area contributed by atoms with E-state index in [-0.39, 0.29) is 23.9 Å². The molecule has 2 amide bonds. The summed E-state index contributed by atoms with van der Waals surface area (Å²) in [7, 11) is 3.18. The van der Waals surface area contributed by atoms with Crippen LogP contribution in [0.1, 0.15) is 56.7 Å². The zero-order valence-electron chi connectivity index (χ0n) is 28.3. The monoisotopic (exact) mass is 672 g/mol. The average molecular weight is 673 g/mol. The van der Waals surface area contributed by atoms with Crippen LogP contribution >= 0.6 is 0 Å². The van der Waals surface area contributed by atoms with Crippen LogP contribution in [0.3, 0.4) is 0 Å². The molecule has 10 nitrogen and oxygen atoms in total. The molecule has 0 spiro atoms. The number of anilines is 2. The molecule has 0 saturated carbocycles. The zero-order valence-corrected chi connectivity index (χ0v) is 28.3. The van der Waals surface area contributed by atoms with Crippen LogP contribution < -0.4 is 29.2 Å². The minimum Gasteiger partial charge on any atom is -0.493 e. The van der Waals surface area contributed by atoms with E-state index in [0.29, 0.717) is 66.1 Å². The standard InChI is InChI=1S/C40H40N4O6/c1-47-35-18-30-32(41-22-28-16-25-10-4-5-12-27(25)24-43(28)39(30)45)20-37(35)49-14-8-3-9-15-50-38-21-33-31(19-36(38)48-2)40(46)44-29(23-42-33)17-26-11-6-7-13-34(26)44/h4-7,10-13,18-22,28-29,42H,3,8-9,14-17,23-24H2,1-2H3/t28-,29-/m0/s1. The quantitative estimate of drug-likeness (QED) is 0.189. The van der Waals surface area contributed by atoms with Gasteiger partial charge >= 0.3 is 0 Å². The van der Waals surface area contributed by atoms with Gasteiger partial charge in [0.15, 0.2) is 23.0 Å². The Morgan fingerprint density at radius 2 is 1.42 bits per heavy atom. The van der Waals surface area contributed by atoms with Crippen LogP contribution in [0.4, 0.5) is 17.1 Å². The van der Waals surface area contributed by atoms with Gasteiger partial charge in [0.1, 0.15) is 0 Å². The highest BCUT2D eigenvalue weighted by Crippen LogP contribution is 2.41. The number of para-hydroxylation sites is 1. The number of nitrogens with zero attached hydrogens (tertiary/aromatic N) is 3. The van der Waals surface area contributed by atoms with E-state index < -0.39 is 0 Å². The topological polar surface area (TPSA) is 102 Å². The smallest absolute Gasteiger partial charge is 0.260 e. The molecule has 256 valence electrons. The molecule has 8 rings (SSSR count). The first kappa shape index (κ1) is 31.7. The fourth-order valence-corrected chi connectivity index (χ4v) is 7.48. The third kappa shape index (κ3) is 5.78. The van der Waals surface area contributed by atoms with E-state index in [1.54, 1.807) is 26.4 Å². The summed E-state index contributed by atoms with van der Waals surface area (Å²) in [6.45, 7) is 2.18. The number of fused-ring (bicyclic) bond motifs is 7. The molecular formula is C40H40N4O6. The van der Waals surface area contributed by atoms with Gasteiger partial charge < -0.3 is 34.1 Å². The lowest BCUT2D eigenvalue weighted by Gasteiger charge is -2.34. The minimum absolute atomic E-state index is 0.0314. The Bertz CT molecular complexity index is 1990. The second kappa shape index (κ2) is 13.4. The molecule has 0 bridgehead atoms. The molecule has 0 unspecified atom stereocenters.